The van der Waals surface area contributed by atoms with E-state index in [1.807, 2.05) is 13.0 Å². The summed E-state index contributed by atoms with van der Waals surface area (Å²) in [6, 6.07) is 8.31. The Morgan fingerprint density at radius 1 is 1.20 bits per heavy atom. The van der Waals surface area contributed by atoms with Gasteiger partial charge in [0, 0.05) is 24.8 Å². The standard InChI is InChI=1S/C21H30N2O2/c1-15-8-6-9-17(14-15)11-12-19(24)22-13-7-10-18-16(2)23-20(25-18)21(3,4)5/h6,8-9,14H,7,10-13H2,1-5H3,(H,22,24). The quantitative estimate of drug-likeness (QED) is 0.765. The molecule has 2 rings (SSSR count). The number of carbonyl (C=O) groups is 1. The molecule has 0 unspecified atom stereocenters. The van der Waals surface area contributed by atoms with Gasteiger partial charge >= 0.3 is 0 Å². The lowest BCUT2D eigenvalue weighted by Gasteiger charge is -2.12. The van der Waals surface area contributed by atoms with Gasteiger partial charge in [0.25, 0.3) is 0 Å². The van der Waals surface area contributed by atoms with Crippen LogP contribution in [0.25, 0.3) is 0 Å². The fraction of sp³-hybridized carbons (Fsp3) is 0.524. The third kappa shape index (κ3) is 6.04. The molecule has 0 fully saturated rings. The predicted molar refractivity (Wildman–Crippen MR) is 101 cm³/mol. The fourth-order valence-electron chi connectivity index (χ4n) is 2.67. The fourth-order valence-corrected chi connectivity index (χ4v) is 2.67. The van der Waals surface area contributed by atoms with E-state index < -0.39 is 0 Å². The molecule has 25 heavy (non-hydrogen) atoms. The van der Waals surface area contributed by atoms with Gasteiger partial charge in [-0.25, -0.2) is 4.98 Å². The molecule has 0 spiro atoms. The Morgan fingerprint density at radius 3 is 2.60 bits per heavy atom. The van der Waals surface area contributed by atoms with Gasteiger partial charge in [0.05, 0.1) is 5.69 Å². The second kappa shape index (κ2) is 8.32. The molecular weight excluding hydrogens is 312 g/mol. The van der Waals surface area contributed by atoms with Gasteiger partial charge in [0.2, 0.25) is 5.91 Å². The van der Waals surface area contributed by atoms with E-state index >= 15 is 0 Å². The lowest BCUT2D eigenvalue weighted by Crippen LogP contribution is -2.25. The van der Waals surface area contributed by atoms with Crippen molar-refractivity contribution >= 4 is 5.91 Å². The van der Waals surface area contributed by atoms with Gasteiger partial charge in [0.1, 0.15) is 5.76 Å². The van der Waals surface area contributed by atoms with Crippen molar-refractivity contribution in [2.24, 2.45) is 0 Å². The molecule has 0 atom stereocenters. The zero-order chi connectivity index (χ0) is 18.4. The van der Waals surface area contributed by atoms with Gasteiger partial charge in [-0.1, -0.05) is 50.6 Å². The molecule has 0 aliphatic carbocycles. The van der Waals surface area contributed by atoms with Crippen molar-refractivity contribution in [1.29, 1.82) is 0 Å². The molecule has 0 saturated heterocycles. The van der Waals surface area contributed by atoms with Crippen molar-refractivity contribution in [1.82, 2.24) is 10.3 Å². The van der Waals surface area contributed by atoms with Crippen molar-refractivity contribution in [2.45, 2.75) is 65.7 Å². The van der Waals surface area contributed by atoms with Crippen LogP contribution in [0.1, 0.15) is 62.1 Å². The summed E-state index contributed by atoms with van der Waals surface area (Å²) >= 11 is 0. The lowest BCUT2D eigenvalue weighted by molar-refractivity contribution is -0.121. The maximum atomic E-state index is 12.0. The molecule has 0 aliphatic rings. The molecule has 0 saturated carbocycles. The Hall–Kier alpha value is -2.10. The van der Waals surface area contributed by atoms with Crippen LogP contribution < -0.4 is 5.32 Å². The zero-order valence-electron chi connectivity index (χ0n) is 16.1. The van der Waals surface area contributed by atoms with Gasteiger partial charge in [-0.2, -0.15) is 0 Å². The van der Waals surface area contributed by atoms with Crippen LogP contribution in [0.3, 0.4) is 0 Å². The molecule has 1 heterocycles. The van der Waals surface area contributed by atoms with Crippen molar-refractivity contribution in [3.8, 4) is 0 Å². The molecular formula is C21H30N2O2. The van der Waals surface area contributed by atoms with E-state index in [9.17, 15) is 4.79 Å². The highest BCUT2D eigenvalue weighted by Crippen LogP contribution is 2.24. The maximum Gasteiger partial charge on any atom is 0.220 e. The van der Waals surface area contributed by atoms with E-state index in [4.69, 9.17) is 4.42 Å². The third-order valence-corrected chi connectivity index (χ3v) is 4.16. The van der Waals surface area contributed by atoms with Crippen LogP contribution in [0.2, 0.25) is 0 Å². The van der Waals surface area contributed by atoms with Gasteiger partial charge in [0.15, 0.2) is 5.89 Å². The highest BCUT2D eigenvalue weighted by Gasteiger charge is 2.21. The normalized spacial score (nSPS) is 11.6. The number of benzene rings is 1. The van der Waals surface area contributed by atoms with E-state index in [1.165, 1.54) is 11.1 Å². The summed E-state index contributed by atoms with van der Waals surface area (Å²) < 4.78 is 5.88. The van der Waals surface area contributed by atoms with Crippen LogP contribution in [-0.4, -0.2) is 17.4 Å². The average molecular weight is 342 g/mol. The molecule has 1 aromatic carbocycles. The van der Waals surface area contributed by atoms with Crippen LogP contribution in [0.5, 0.6) is 0 Å². The first-order chi connectivity index (χ1) is 11.8. The number of nitrogens with one attached hydrogen (secondary N) is 1. The first kappa shape index (κ1) is 19.2. The second-order valence-corrected chi connectivity index (χ2v) is 7.72. The molecule has 4 nitrogen and oxygen atoms in total. The number of carbonyl (C=O) groups excluding carboxylic acids is 1. The van der Waals surface area contributed by atoms with Crippen LogP contribution in [0, 0.1) is 13.8 Å². The van der Waals surface area contributed by atoms with E-state index in [2.05, 4.69) is 56.2 Å². The van der Waals surface area contributed by atoms with Crippen molar-refractivity contribution in [2.75, 3.05) is 6.54 Å². The molecule has 0 bridgehead atoms. The highest BCUT2D eigenvalue weighted by atomic mass is 16.4. The van der Waals surface area contributed by atoms with Crippen molar-refractivity contribution in [3.05, 3.63) is 52.7 Å². The van der Waals surface area contributed by atoms with E-state index in [-0.39, 0.29) is 11.3 Å². The van der Waals surface area contributed by atoms with Crippen LogP contribution >= 0.6 is 0 Å². The summed E-state index contributed by atoms with van der Waals surface area (Å²) in [4.78, 5) is 16.5. The number of hydrogen-bond acceptors (Lipinski definition) is 3. The second-order valence-electron chi connectivity index (χ2n) is 7.72. The summed E-state index contributed by atoms with van der Waals surface area (Å²) in [5, 5.41) is 2.99. The Labute approximate surface area is 151 Å². The predicted octanol–water partition coefficient (Wildman–Crippen LogP) is 4.27. The number of nitrogens with zero attached hydrogens (tertiary/aromatic N) is 1. The first-order valence-corrected chi connectivity index (χ1v) is 9.05. The topological polar surface area (TPSA) is 55.1 Å². The number of rotatable bonds is 7. The van der Waals surface area contributed by atoms with Crippen molar-refractivity contribution in [3.63, 3.8) is 0 Å². The molecule has 1 N–H and O–H groups in total. The highest BCUT2D eigenvalue weighted by molar-refractivity contribution is 5.76. The monoisotopic (exact) mass is 342 g/mol. The number of aromatic nitrogens is 1. The van der Waals surface area contributed by atoms with Crippen LogP contribution in [0.15, 0.2) is 28.7 Å². The Morgan fingerprint density at radius 2 is 1.96 bits per heavy atom. The Balaban J connectivity index is 1.70. The van der Waals surface area contributed by atoms with E-state index in [0.29, 0.717) is 13.0 Å². The van der Waals surface area contributed by atoms with Gasteiger partial charge in [-0.3, -0.25) is 4.79 Å². The minimum absolute atomic E-state index is 0.0764. The largest absolute Gasteiger partial charge is 0.445 e. The Bertz CT molecular complexity index is 711. The molecule has 4 heteroatoms. The number of oxazole rings is 1. The first-order valence-electron chi connectivity index (χ1n) is 9.05. The molecule has 136 valence electrons. The minimum Gasteiger partial charge on any atom is -0.445 e. The summed E-state index contributed by atoms with van der Waals surface area (Å²) in [6.45, 7) is 11.0. The molecule has 0 aliphatic heterocycles. The Kier molecular flexibility index (Phi) is 6.40. The minimum atomic E-state index is -0.0764. The smallest absolute Gasteiger partial charge is 0.220 e. The molecule has 2 aromatic rings. The number of hydrogen-bond donors (Lipinski definition) is 1. The summed E-state index contributed by atoms with van der Waals surface area (Å²) in [7, 11) is 0. The summed E-state index contributed by atoms with van der Waals surface area (Å²) in [5.41, 5.74) is 3.32. The van der Waals surface area contributed by atoms with Crippen molar-refractivity contribution < 1.29 is 9.21 Å². The third-order valence-electron chi connectivity index (χ3n) is 4.16. The van der Waals surface area contributed by atoms with Gasteiger partial charge in [-0.05, 0) is 32.3 Å². The van der Waals surface area contributed by atoms with Gasteiger partial charge in [-0.15, -0.1) is 0 Å². The summed E-state index contributed by atoms with van der Waals surface area (Å²) in [6.07, 6.45) is 2.96. The molecule has 1 aromatic heterocycles. The average Bonchev–Trinajstić information content (AvgIpc) is 2.91. The number of amides is 1. The number of aryl methyl sites for hydroxylation is 4. The van der Waals surface area contributed by atoms with Gasteiger partial charge < -0.3 is 9.73 Å². The SMILES string of the molecule is Cc1cccc(CCC(=O)NCCCc2oc(C(C)(C)C)nc2C)c1. The lowest BCUT2D eigenvalue weighted by atomic mass is 9.97. The zero-order valence-corrected chi connectivity index (χ0v) is 16.1. The molecule has 1 amide bonds. The van der Waals surface area contributed by atoms with E-state index in [1.54, 1.807) is 0 Å². The maximum absolute atomic E-state index is 12.0. The van der Waals surface area contributed by atoms with Crippen LogP contribution in [-0.2, 0) is 23.1 Å². The van der Waals surface area contributed by atoms with Crippen LogP contribution in [0.4, 0.5) is 0 Å². The van der Waals surface area contributed by atoms with E-state index in [0.717, 1.165) is 36.6 Å². The molecule has 0 radical (unpaired) electrons. The summed E-state index contributed by atoms with van der Waals surface area (Å²) in [5.74, 6) is 1.81.